The normalized spacial score (nSPS) is 17.6. The quantitative estimate of drug-likeness (QED) is 0.924. The molecule has 20 heavy (non-hydrogen) atoms. The summed E-state index contributed by atoms with van der Waals surface area (Å²) in [6.07, 6.45) is 2.96. The maximum atomic E-state index is 12.3. The fraction of sp³-hybridized carbons (Fsp3) is 0.250. The van der Waals surface area contributed by atoms with Crippen molar-refractivity contribution in [2.24, 2.45) is 0 Å². The summed E-state index contributed by atoms with van der Waals surface area (Å²) in [5.41, 5.74) is 1.88. The Labute approximate surface area is 117 Å². The Morgan fingerprint density at radius 1 is 1.20 bits per heavy atom. The molecule has 0 radical (unpaired) electrons. The number of nitrogens with zero attached hydrogens (tertiary/aromatic N) is 1. The molecule has 1 unspecified atom stereocenters. The molecular formula is C16H16N2O2. The van der Waals surface area contributed by atoms with E-state index in [0.29, 0.717) is 6.42 Å². The largest absolute Gasteiger partial charge is 0.335 e. The van der Waals surface area contributed by atoms with Gasteiger partial charge in [0, 0.05) is 18.8 Å². The SMILES string of the molecule is O=C(Cc1ccc(=O)[nH]c1)N1CCC1c1ccccc1. The second-order valence-corrected chi connectivity index (χ2v) is 5.04. The lowest BCUT2D eigenvalue weighted by Crippen LogP contribution is -2.45. The Morgan fingerprint density at radius 2 is 2.00 bits per heavy atom. The minimum Gasteiger partial charge on any atom is -0.335 e. The van der Waals surface area contributed by atoms with Gasteiger partial charge in [0.05, 0.1) is 12.5 Å². The summed E-state index contributed by atoms with van der Waals surface area (Å²) >= 11 is 0. The molecule has 0 saturated carbocycles. The Morgan fingerprint density at radius 3 is 2.60 bits per heavy atom. The van der Waals surface area contributed by atoms with Crippen molar-refractivity contribution in [2.75, 3.05) is 6.54 Å². The van der Waals surface area contributed by atoms with E-state index in [1.54, 1.807) is 12.3 Å². The molecule has 1 amide bonds. The number of amides is 1. The fourth-order valence-electron chi connectivity index (χ4n) is 2.54. The number of nitrogens with one attached hydrogen (secondary N) is 1. The molecule has 1 aliphatic heterocycles. The number of hydrogen-bond donors (Lipinski definition) is 1. The number of pyridine rings is 1. The summed E-state index contributed by atoms with van der Waals surface area (Å²) < 4.78 is 0. The Kier molecular flexibility index (Phi) is 3.37. The fourth-order valence-corrected chi connectivity index (χ4v) is 2.54. The van der Waals surface area contributed by atoms with E-state index in [1.165, 1.54) is 11.6 Å². The molecule has 2 aromatic rings. The zero-order valence-corrected chi connectivity index (χ0v) is 11.1. The minimum atomic E-state index is -0.146. The minimum absolute atomic E-state index is 0.108. The van der Waals surface area contributed by atoms with Crippen LogP contribution < -0.4 is 5.56 Å². The highest BCUT2D eigenvalue weighted by molar-refractivity contribution is 5.80. The first kappa shape index (κ1) is 12.7. The molecule has 1 aliphatic rings. The average molecular weight is 268 g/mol. The van der Waals surface area contributed by atoms with Crippen LogP contribution >= 0.6 is 0 Å². The maximum absolute atomic E-state index is 12.3. The predicted molar refractivity (Wildman–Crippen MR) is 76.3 cm³/mol. The first-order valence-corrected chi connectivity index (χ1v) is 6.76. The van der Waals surface area contributed by atoms with Gasteiger partial charge in [-0.15, -0.1) is 0 Å². The molecular weight excluding hydrogens is 252 g/mol. The zero-order chi connectivity index (χ0) is 13.9. The van der Waals surface area contributed by atoms with Gasteiger partial charge in [-0.05, 0) is 17.5 Å². The predicted octanol–water partition coefficient (Wildman–Crippen LogP) is 1.89. The van der Waals surface area contributed by atoms with Crippen LogP contribution in [0.4, 0.5) is 0 Å². The molecule has 0 spiro atoms. The third-order valence-electron chi connectivity index (χ3n) is 3.73. The van der Waals surface area contributed by atoms with Gasteiger partial charge in [-0.25, -0.2) is 0 Å². The summed E-state index contributed by atoms with van der Waals surface area (Å²) in [6.45, 7) is 0.807. The van der Waals surface area contributed by atoms with Crippen LogP contribution in [0, 0.1) is 0 Å². The van der Waals surface area contributed by atoms with Gasteiger partial charge in [-0.3, -0.25) is 9.59 Å². The number of carbonyl (C=O) groups excluding carboxylic acids is 1. The Balaban J connectivity index is 1.69. The molecule has 1 fully saturated rings. The molecule has 0 bridgehead atoms. The summed E-state index contributed by atoms with van der Waals surface area (Å²) in [5.74, 6) is 0.108. The number of benzene rings is 1. The topological polar surface area (TPSA) is 53.2 Å². The summed E-state index contributed by atoms with van der Waals surface area (Å²) in [6, 6.07) is 13.5. The van der Waals surface area contributed by atoms with Crippen LogP contribution in [0.2, 0.25) is 0 Å². The number of H-pyrrole nitrogens is 1. The maximum Gasteiger partial charge on any atom is 0.247 e. The average Bonchev–Trinajstić information content (AvgIpc) is 2.41. The molecule has 4 heteroatoms. The molecule has 1 N–H and O–H groups in total. The van der Waals surface area contributed by atoms with Gasteiger partial charge in [-0.2, -0.15) is 0 Å². The zero-order valence-electron chi connectivity index (χ0n) is 11.1. The number of rotatable bonds is 3. The van der Waals surface area contributed by atoms with E-state index >= 15 is 0 Å². The van der Waals surface area contributed by atoms with E-state index < -0.39 is 0 Å². The first-order chi connectivity index (χ1) is 9.74. The highest BCUT2D eigenvalue weighted by Crippen LogP contribution is 2.33. The number of hydrogen-bond acceptors (Lipinski definition) is 2. The van der Waals surface area contributed by atoms with Crippen molar-refractivity contribution >= 4 is 5.91 Å². The van der Waals surface area contributed by atoms with Gasteiger partial charge >= 0.3 is 0 Å². The van der Waals surface area contributed by atoms with Crippen molar-refractivity contribution in [3.05, 3.63) is 70.1 Å². The van der Waals surface area contributed by atoms with E-state index in [0.717, 1.165) is 18.5 Å². The van der Waals surface area contributed by atoms with E-state index in [1.807, 2.05) is 23.1 Å². The van der Waals surface area contributed by atoms with Gasteiger partial charge in [0.1, 0.15) is 0 Å². The molecule has 3 rings (SSSR count). The second kappa shape index (κ2) is 5.33. The van der Waals surface area contributed by atoms with Gasteiger partial charge in [-0.1, -0.05) is 36.4 Å². The van der Waals surface area contributed by atoms with Crippen LogP contribution in [-0.4, -0.2) is 22.3 Å². The third kappa shape index (κ3) is 2.50. The molecule has 102 valence electrons. The Hall–Kier alpha value is -2.36. The molecule has 1 aromatic heterocycles. The van der Waals surface area contributed by atoms with Crippen molar-refractivity contribution in [3.8, 4) is 0 Å². The van der Waals surface area contributed by atoms with Crippen LogP contribution in [0.5, 0.6) is 0 Å². The third-order valence-corrected chi connectivity index (χ3v) is 3.73. The molecule has 4 nitrogen and oxygen atoms in total. The summed E-state index contributed by atoms with van der Waals surface area (Å²) in [7, 11) is 0. The van der Waals surface area contributed by atoms with Crippen LogP contribution in [0.1, 0.15) is 23.6 Å². The number of carbonyl (C=O) groups is 1. The smallest absolute Gasteiger partial charge is 0.247 e. The lowest BCUT2D eigenvalue weighted by Gasteiger charge is -2.41. The van der Waals surface area contributed by atoms with Crippen molar-refractivity contribution in [1.82, 2.24) is 9.88 Å². The monoisotopic (exact) mass is 268 g/mol. The van der Waals surface area contributed by atoms with Gasteiger partial charge in [0.25, 0.3) is 0 Å². The number of aromatic amines is 1. The van der Waals surface area contributed by atoms with Crippen LogP contribution in [0.25, 0.3) is 0 Å². The number of aromatic nitrogens is 1. The lowest BCUT2D eigenvalue weighted by atomic mass is 9.94. The molecule has 2 heterocycles. The number of likely N-dealkylation sites (tertiary alicyclic amines) is 1. The van der Waals surface area contributed by atoms with Gasteiger partial charge in [0.15, 0.2) is 0 Å². The van der Waals surface area contributed by atoms with E-state index in [9.17, 15) is 9.59 Å². The highest BCUT2D eigenvalue weighted by Gasteiger charge is 2.32. The van der Waals surface area contributed by atoms with E-state index in [4.69, 9.17) is 0 Å². The van der Waals surface area contributed by atoms with Crippen molar-refractivity contribution in [1.29, 1.82) is 0 Å². The van der Waals surface area contributed by atoms with Crippen molar-refractivity contribution in [3.63, 3.8) is 0 Å². The van der Waals surface area contributed by atoms with Gasteiger partial charge in [0.2, 0.25) is 11.5 Å². The second-order valence-electron chi connectivity index (χ2n) is 5.04. The van der Waals surface area contributed by atoms with Gasteiger partial charge < -0.3 is 9.88 Å². The first-order valence-electron chi connectivity index (χ1n) is 6.76. The van der Waals surface area contributed by atoms with Crippen LogP contribution in [-0.2, 0) is 11.2 Å². The molecule has 1 aromatic carbocycles. The molecule has 1 atom stereocenters. The highest BCUT2D eigenvalue weighted by atomic mass is 16.2. The van der Waals surface area contributed by atoms with Crippen molar-refractivity contribution in [2.45, 2.75) is 18.9 Å². The van der Waals surface area contributed by atoms with Crippen molar-refractivity contribution < 1.29 is 4.79 Å². The molecule has 0 aliphatic carbocycles. The summed E-state index contributed by atoms with van der Waals surface area (Å²) in [5, 5.41) is 0. The lowest BCUT2D eigenvalue weighted by molar-refractivity contribution is -0.138. The van der Waals surface area contributed by atoms with Crippen LogP contribution in [0.15, 0.2) is 53.5 Å². The Bertz CT molecular complexity index is 643. The van der Waals surface area contributed by atoms with E-state index in [2.05, 4.69) is 17.1 Å². The molecule has 1 saturated heterocycles. The standard InChI is InChI=1S/C16H16N2O2/c19-15-7-6-12(11-17-15)10-16(20)18-9-8-14(18)13-4-2-1-3-5-13/h1-7,11,14H,8-10H2,(H,17,19). The van der Waals surface area contributed by atoms with E-state index in [-0.39, 0.29) is 17.5 Å². The summed E-state index contributed by atoms with van der Waals surface area (Å²) in [4.78, 5) is 27.8. The van der Waals surface area contributed by atoms with Crippen LogP contribution in [0.3, 0.4) is 0 Å².